The number of alkyl carbamates (subject to hydrolysis) is 1. The molecule has 11 heteroatoms. The van der Waals surface area contributed by atoms with Crippen LogP contribution < -0.4 is 10.6 Å². The Morgan fingerprint density at radius 2 is 1.72 bits per heavy atom. The van der Waals surface area contributed by atoms with Gasteiger partial charge < -0.3 is 24.7 Å². The molecule has 47 heavy (non-hydrogen) atoms. The van der Waals surface area contributed by atoms with E-state index < -0.39 is 29.7 Å². The Kier molecular flexibility index (Phi) is 12.3. The van der Waals surface area contributed by atoms with Crippen molar-refractivity contribution >= 4 is 47.7 Å². The lowest BCUT2D eigenvalue weighted by molar-refractivity contribution is -0.137. The highest BCUT2D eigenvalue weighted by atomic mass is 32.1. The van der Waals surface area contributed by atoms with Crippen molar-refractivity contribution in [1.29, 1.82) is 0 Å². The first-order chi connectivity index (χ1) is 22.5. The lowest BCUT2D eigenvalue weighted by Crippen LogP contribution is -2.56. The average Bonchev–Trinajstić information content (AvgIpc) is 3.51. The molecule has 0 aliphatic carbocycles. The quantitative estimate of drug-likeness (QED) is 0.122. The number of hydrogen-bond donors (Lipinski definition) is 3. The fraction of sp³-hybridized carbons (Fsp3) is 0.306. The summed E-state index contributed by atoms with van der Waals surface area (Å²) in [6.45, 7) is 7.40. The van der Waals surface area contributed by atoms with Gasteiger partial charge in [0.15, 0.2) is 0 Å². The van der Waals surface area contributed by atoms with Gasteiger partial charge in [-0.25, -0.2) is 4.79 Å². The summed E-state index contributed by atoms with van der Waals surface area (Å²) >= 11 is 4.33. The summed E-state index contributed by atoms with van der Waals surface area (Å²) in [5, 5.41) is 8.12. The summed E-state index contributed by atoms with van der Waals surface area (Å²) in [4.78, 5) is 51.5. The predicted octanol–water partition coefficient (Wildman–Crippen LogP) is 5.88. The van der Waals surface area contributed by atoms with Crippen LogP contribution in [-0.4, -0.2) is 58.2 Å². The minimum absolute atomic E-state index is 0.136. The van der Waals surface area contributed by atoms with Gasteiger partial charge >= 0.3 is 6.09 Å². The first-order valence-corrected chi connectivity index (χ1v) is 15.9. The normalized spacial score (nSPS) is 13.3. The van der Waals surface area contributed by atoms with Crippen LogP contribution in [0, 0.1) is 0 Å². The molecule has 2 aromatic heterocycles. The van der Waals surface area contributed by atoms with Gasteiger partial charge in [-0.2, -0.15) is 0 Å². The molecule has 2 aromatic carbocycles. The van der Waals surface area contributed by atoms with Gasteiger partial charge in [-0.15, -0.1) is 12.6 Å². The average molecular weight is 656 g/mol. The molecular weight excluding hydrogens is 614 g/mol. The number of amides is 3. The van der Waals surface area contributed by atoms with E-state index in [2.05, 4.69) is 33.2 Å². The van der Waals surface area contributed by atoms with Crippen LogP contribution in [0.5, 0.6) is 0 Å². The largest absolute Gasteiger partial charge is 0.464 e. The minimum atomic E-state index is -1.05. The topological polar surface area (TPSA) is 126 Å². The Balaban J connectivity index is 1.66. The Hall–Kier alpha value is -4.90. The van der Waals surface area contributed by atoms with Gasteiger partial charge in [0.05, 0.1) is 18.5 Å². The van der Waals surface area contributed by atoms with Crippen LogP contribution in [0.25, 0.3) is 11.0 Å². The lowest BCUT2D eigenvalue weighted by atomic mass is 10.0. The number of pyridine rings is 1. The van der Waals surface area contributed by atoms with Crippen LogP contribution in [0.3, 0.4) is 0 Å². The monoisotopic (exact) mass is 655 g/mol. The van der Waals surface area contributed by atoms with Crippen LogP contribution in [0.15, 0.2) is 106 Å². The molecule has 0 radical (unpaired) electrons. The van der Waals surface area contributed by atoms with Gasteiger partial charge in [-0.05, 0) is 74.1 Å². The summed E-state index contributed by atoms with van der Waals surface area (Å²) in [5.74, 6) is -0.865. The second kappa shape index (κ2) is 16.6. The van der Waals surface area contributed by atoms with Gasteiger partial charge in [0, 0.05) is 43.4 Å². The number of nitrogens with one attached hydrogen (secondary N) is 2. The van der Waals surface area contributed by atoms with Gasteiger partial charge in [-0.3, -0.25) is 19.6 Å². The zero-order valence-electron chi connectivity index (χ0n) is 27.1. The predicted molar refractivity (Wildman–Crippen MR) is 186 cm³/mol. The number of furan rings is 1. The molecule has 4 aromatic rings. The van der Waals surface area contributed by atoms with E-state index >= 15 is 0 Å². The first-order valence-electron chi connectivity index (χ1n) is 15.3. The number of fused-ring (bicyclic) bond motifs is 1. The van der Waals surface area contributed by atoms with E-state index in [9.17, 15) is 14.4 Å². The Morgan fingerprint density at radius 1 is 0.979 bits per heavy atom. The highest BCUT2D eigenvalue weighted by Gasteiger charge is 2.31. The zero-order valence-corrected chi connectivity index (χ0v) is 27.9. The maximum atomic E-state index is 14.5. The maximum Gasteiger partial charge on any atom is 0.408 e. The molecule has 0 unspecified atom stereocenters. The Bertz CT molecular complexity index is 1700. The number of carbonyl (C=O) groups excluding carboxylic acids is 3. The third-order valence-corrected chi connectivity index (χ3v) is 7.36. The molecule has 0 spiro atoms. The number of aliphatic imine (C=N–C) groups is 1. The molecule has 0 fully saturated rings. The molecule has 0 aliphatic rings. The van der Waals surface area contributed by atoms with E-state index in [1.54, 1.807) is 68.9 Å². The van der Waals surface area contributed by atoms with E-state index in [1.165, 1.54) is 0 Å². The van der Waals surface area contributed by atoms with Crippen molar-refractivity contribution in [3.8, 4) is 0 Å². The Labute approximate surface area is 280 Å². The highest BCUT2D eigenvalue weighted by Crippen LogP contribution is 2.20. The fourth-order valence-corrected chi connectivity index (χ4v) is 5.13. The number of ether oxygens (including phenoxy) is 1. The van der Waals surface area contributed by atoms with Crippen LogP contribution in [0.4, 0.5) is 4.79 Å². The van der Waals surface area contributed by atoms with Crippen molar-refractivity contribution in [1.82, 2.24) is 20.5 Å². The second-order valence-electron chi connectivity index (χ2n) is 12.0. The summed E-state index contributed by atoms with van der Waals surface area (Å²) in [6.07, 6.45) is 6.11. The molecule has 2 heterocycles. The van der Waals surface area contributed by atoms with Crippen molar-refractivity contribution in [2.75, 3.05) is 6.54 Å². The smallest absolute Gasteiger partial charge is 0.408 e. The van der Waals surface area contributed by atoms with Crippen LogP contribution in [0.1, 0.15) is 44.4 Å². The van der Waals surface area contributed by atoms with Gasteiger partial charge in [0.25, 0.3) is 0 Å². The molecule has 0 bridgehead atoms. The van der Waals surface area contributed by atoms with E-state index in [1.807, 2.05) is 60.7 Å². The van der Waals surface area contributed by atoms with Crippen molar-refractivity contribution in [2.24, 2.45) is 4.99 Å². The van der Waals surface area contributed by atoms with Crippen molar-refractivity contribution in [3.63, 3.8) is 0 Å². The second-order valence-corrected chi connectivity index (χ2v) is 12.3. The molecule has 2 atom stereocenters. The van der Waals surface area contributed by atoms with Gasteiger partial charge in [-0.1, -0.05) is 42.5 Å². The molecule has 2 N–H and O–H groups in total. The molecule has 0 saturated heterocycles. The van der Waals surface area contributed by atoms with Crippen LogP contribution in [0.2, 0.25) is 0 Å². The zero-order chi connectivity index (χ0) is 33.8. The first kappa shape index (κ1) is 35.0. The summed E-state index contributed by atoms with van der Waals surface area (Å²) in [6, 6.07) is 18.6. The van der Waals surface area contributed by atoms with Gasteiger partial charge in [0.2, 0.25) is 11.8 Å². The standard InChI is InChI=1S/C36H41N5O5S/c1-5-38-29(24-47)23-41(22-27-13-14-32-28(18-27)15-17-45-32)34(43)31(19-25-10-7-6-8-11-25)39-33(42)30(20-26-12-9-16-37-21-26)40-35(44)46-36(2,3)4/h5-18,21,24,30-31,47H,19-20,22-23H2,1-4H3,(H,39,42)(H,40,44)/b29-24-,38-5+/t30-,31-/m0/s1. The van der Waals surface area contributed by atoms with E-state index in [4.69, 9.17) is 9.15 Å². The molecule has 246 valence electrons. The lowest BCUT2D eigenvalue weighted by Gasteiger charge is -2.30. The van der Waals surface area contributed by atoms with Crippen molar-refractivity contribution < 1.29 is 23.5 Å². The van der Waals surface area contributed by atoms with Crippen molar-refractivity contribution in [2.45, 2.75) is 64.8 Å². The number of thiol groups is 1. The molecule has 0 aliphatic heterocycles. The van der Waals surface area contributed by atoms with E-state index in [-0.39, 0.29) is 31.8 Å². The van der Waals surface area contributed by atoms with Crippen LogP contribution in [-0.2, 0) is 33.7 Å². The number of aromatic nitrogens is 1. The van der Waals surface area contributed by atoms with E-state index in [0.29, 0.717) is 5.70 Å². The maximum absolute atomic E-state index is 14.5. The highest BCUT2D eigenvalue weighted by molar-refractivity contribution is 7.83. The SMILES string of the molecule is C/C=N/C(=C\S)CN(Cc1ccc2occc2c1)C(=O)[C@H](Cc1ccccc1)NC(=O)[C@H](Cc1cccnc1)NC(=O)OC(C)(C)C. The summed E-state index contributed by atoms with van der Waals surface area (Å²) in [7, 11) is 0. The molecule has 10 nitrogen and oxygen atoms in total. The number of rotatable bonds is 13. The number of hydrogen-bond acceptors (Lipinski definition) is 8. The molecule has 3 amide bonds. The third kappa shape index (κ3) is 10.8. The Morgan fingerprint density at radius 3 is 2.40 bits per heavy atom. The van der Waals surface area contributed by atoms with E-state index in [0.717, 1.165) is 27.7 Å². The summed E-state index contributed by atoms with van der Waals surface area (Å²) < 4.78 is 11.0. The number of nitrogens with zero attached hydrogens (tertiary/aromatic N) is 3. The van der Waals surface area contributed by atoms with Crippen molar-refractivity contribution in [3.05, 3.63) is 113 Å². The van der Waals surface area contributed by atoms with Gasteiger partial charge in [0.1, 0.15) is 23.3 Å². The number of benzene rings is 2. The minimum Gasteiger partial charge on any atom is -0.464 e. The van der Waals surface area contributed by atoms with Crippen LogP contribution >= 0.6 is 12.6 Å². The molecule has 0 saturated carbocycles. The molecule has 4 rings (SSSR count). The summed E-state index contributed by atoms with van der Waals surface area (Å²) in [5.41, 5.74) is 2.99. The fourth-order valence-electron chi connectivity index (χ4n) is 4.98. The number of carbonyl (C=O) groups is 3. The third-order valence-electron chi connectivity index (χ3n) is 7.07. The molecular formula is C36H41N5O5S.